The Morgan fingerprint density at radius 3 is 3.00 bits per heavy atom. The molecule has 0 unspecified atom stereocenters. The van der Waals surface area contributed by atoms with Gasteiger partial charge in [0.05, 0.1) is 6.10 Å². The van der Waals surface area contributed by atoms with Crippen LogP contribution in [0, 0.1) is 5.92 Å². The summed E-state index contributed by atoms with van der Waals surface area (Å²) >= 11 is 0. The van der Waals surface area contributed by atoms with Crippen molar-refractivity contribution in [3.8, 4) is 0 Å². The van der Waals surface area contributed by atoms with Crippen LogP contribution in [0.3, 0.4) is 0 Å². The fourth-order valence-corrected chi connectivity index (χ4v) is 1.59. The molecule has 2 rings (SSSR count). The first-order valence-corrected chi connectivity index (χ1v) is 4.74. The van der Waals surface area contributed by atoms with Gasteiger partial charge in [-0.3, -0.25) is 0 Å². The van der Waals surface area contributed by atoms with Crippen molar-refractivity contribution in [1.29, 1.82) is 0 Å². The smallest absolute Gasteiger partial charge is 0.221 e. The highest BCUT2D eigenvalue weighted by Crippen LogP contribution is 2.26. The number of hydrogen-bond acceptors (Lipinski definition) is 5. The number of nitrogens with one attached hydrogen (secondary N) is 1. The lowest BCUT2D eigenvalue weighted by Gasteiger charge is -2.31. The maximum absolute atomic E-state index is 9.09. The molecule has 14 heavy (non-hydrogen) atoms. The highest BCUT2D eigenvalue weighted by Gasteiger charge is 2.26. The van der Waals surface area contributed by atoms with Crippen LogP contribution in [-0.2, 0) is 0 Å². The molecule has 0 atom stereocenters. The lowest BCUT2D eigenvalue weighted by Crippen LogP contribution is -2.33. The van der Waals surface area contributed by atoms with Crippen LogP contribution in [0.1, 0.15) is 12.8 Å². The number of nitrogens with two attached hydrogens (primary N) is 1. The summed E-state index contributed by atoms with van der Waals surface area (Å²) in [6.45, 7) is 0.841. The molecule has 1 aromatic heterocycles. The average molecular weight is 194 g/mol. The first kappa shape index (κ1) is 9.21. The van der Waals surface area contributed by atoms with Gasteiger partial charge >= 0.3 is 0 Å². The van der Waals surface area contributed by atoms with Gasteiger partial charge < -0.3 is 16.2 Å². The summed E-state index contributed by atoms with van der Waals surface area (Å²) in [4.78, 5) is 7.82. The molecule has 0 spiro atoms. The molecule has 1 fully saturated rings. The molecule has 5 nitrogen and oxygen atoms in total. The minimum Gasteiger partial charge on any atom is -0.393 e. The Hall–Kier alpha value is -1.36. The average Bonchev–Trinajstić information content (AvgIpc) is 2.11. The Morgan fingerprint density at radius 1 is 1.57 bits per heavy atom. The predicted molar refractivity (Wildman–Crippen MR) is 53.7 cm³/mol. The van der Waals surface area contributed by atoms with Crippen LogP contribution in [-0.4, -0.2) is 27.7 Å². The van der Waals surface area contributed by atoms with Crippen LogP contribution in [0.2, 0.25) is 0 Å². The molecule has 0 aromatic carbocycles. The molecule has 5 heteroatoms. The molecular weight excluding hydrogens is 180 g/mol. The summed E-state index contributed by atoms with van der Waals surface area (Å²) in [6.07, 6.45) is 3.29. The molecule has 0 radical (unpaired) electrons. The molecule has 1 aliphatic carbocycles. The van der Waals surface area contributed by atoms with Gasteiger partial charge in [-0.15, -0.1) is 0 Å². The first-order chi connectivity index (χ1) is 6.74. The van der Waals surface area contributed by atoms with Gasteiger partial charge in [0.1, 0.15) is 5.82 Å². The fraction of sp³-hybridized carbons (Fsp3) is 0.556. The second-order valence-corrected chi connectivity index (χ2v) is 3.67. The van der Waals surface area contributed by atoms with Crippen molar-refractivity contribution in [3.63, 3.8) is 0 Å². The zero-order valence-electron chi connectivity index (χ0n) is 7.85. The van der Waals surface area contributed by atoms with E-state index in [0.29, 0.717) is 5.92 Å². The van der Waals surface area contributed by atoms with Crippen LogP contribution in [0.4, 0.5) is 11.8 Å². The van der Waals surface area contributed by atoms with Crippen molar-refractivity contribution in [2.75, 3.05) is 17.6 Å². The van der Waals surface area contributed by atoms with Crippen molar-refractivity contribution in [2.45, 2.75) is 18.9 Å². The molecule has 0 aliphatic heterocycles. The molecule has 1 saturated carbocycles. The van der Waals surface area contributed by atoms with Crippen molar-refractivity contribution >= 4 is 11.8 Å². The van der Waals surface area contributed by atoms with E-state index in [9.17, 15) is 0 Å². The summed E-state index contributed by atoms with van der Waals surface area (Å²) in [6, 6.07) is 1.78. The Morgan fingerprint density at radius 2 is 2.36 bits per heavy atom. The second-order valence-electron chi connectivity index (χ2n) is 3.67. The Bertz CT molecular complexity index is 311. The van der Waals surface area contributed by atoms with Gasteiger partial charge in [0.15, 0.2) is 0 Å². The Labute approximate surface area is 82.4 Å². The zero-order valence-corrected chi connectivity index (χ0v) is 7.85. The highest BCUT2D eigenvalue weighted by molar-refractivity contribution is 5.37. The van der Waals surface area contributed by atoms with Gasteiger partial charge in [0, 0.05) is 12.7 Å². The molecule has 0 amide bonds. The number of hydrogen-bond donors (Lipinski definition) is 3. The van der Waals surface area contributed by atoms with E-state index in [0.717, 1.165) is 25.2 Å². The van der Waals surface area contributed by atoms with Gasteiger partial charge in [-0.2, -0.15) is 4.98 Å². The monoisotopic (exact) mass is 194 g/mol. The lowest BCUT2D eigenvalue weighted by molar-refractivity contribution is 0.0486. The lowest BCUT2D eigenvalue weighted by atomic mass is 9.82. The summed E-state index contributed by atoms with van der Waals surface area (Å²) in [5.41, 5.74) is 5.43. The molecular formula is C9H14N4O. The fourth-order valence-electron chi connectivity index (χ4n) is 1.59. The van der Waals surface area contributed by atoms with E-state index in [-0.39, 0.29) is 12.1 Å². The predicted octanol–water partition coefficient (Wildman–Crippen LogP) is 0.242. The van der Waals surface area contributed by atoms with Gasteiger partial charge in [0.25, 0.3) is 0 Å². The Balaban J connectivity index is 1.80. The highest BCUT2D eigenvalue weighted by atomic mass is 16.3. The molecule has 4 N–H and O–H groups in total. The van der Waals surface area contributed by atoms with Crippen molar-refractivity contribution in [2.24, 2.45) is 5.92 Å². The van der Waals surface area contributed by atoms with E-state index < -0.39 is 0 Å². The summed E-state index contributed by atoms with van der Waals surface area (Å²) in [5.74, 6) is 1.59. The maximum Gasteiger partial charge on any atom is 0.221 e. The van der Waals surface area contributed by atoms with Crippen LogP contribution in [0.15, 0.2) is 12.3 Å². The third kappa shape index (κ3) is 2.11. The number of aromatic nitrogens is 2. The van der Waals surface area contributed by atoms with E-state index in [1.807, 2.05) is 0 Å². The molecule has 1 aromatic rings. The minimum absolute atomic E-state index is 0.0998. The number of anilines is 2. The van der Waals surface area contributed by atoms with Gasteiger partial charge in [0.2, 0.25) is 5.95 Å². The third-order valence-corrected chi connectivity index (χ3v) is 2.46. The molecule has 1 heterocycles. The summed E-state index contributed by atoms with van der Waals surface area (Å²) < 4.78 is 0. The van der Waals surface area contributed by atoms with E-state index >= 15 is 0 Å². The second kappa shape index (κ2) is 3.79. The third-order valence-electron chi connectivity index (χ3n) is 2.46. The standard InChI is InChI=1S/C9H14N4O/c10-9-11-2-1-8(13-9)12-5-6-3-7(14)4-6/h1-2,6-7,14H,3-5H2,(H3,10,11,12,13). The molecule has 0 saturated heterocycles. The summed E-state index contributed by atoms with van der Waals surface area (Å²) in [5, 5.41) is 12.3. The quantitative estimate of drug-likeness (QED) is 0.642. The van der Waals surface area contributed by atoms with Crippen molar-refractivity contribution in [1.82, 2.24) is 9.97 Å². The topological polar surface area (TPSA) is 84.1 Å². The van der Waals surface area contributed by atoms with E-state index in [1.165, 1.54) is 0 Å². The van der Waals surface area contributed by atoms with Gasteiger partial charge in [-0.25, -0.2) is 4.98 Å². The van der Waals surface area contributed by atoms with E-state index in [2.05, 4.69) is 15.3 Å². The van der Waals surface area contributed by atoms with Crippen molar-refractivity contribution in [3.05, 3.63) is 12.3 Å². The normalized spacial score (nSPS) is 25.5. The molecule has 1 aliphatic rings. The zero-order chi connectivity index (χ0) is 9.97. The number of nitrogens with zero attached hydrogens (tertiary/aromatic N) is 2. The van der Waals surface area contributed by atoms with Crippen LogP contribution < -0.4 is 11.1 Å². The first-order valence-electron chi connectivity index (χ1n) is 4.74. The summed E-state index contributed by atoms with van der Waals surface area (Å²) in [7, 11) is 0. The van der Waals surface area contributed by atoms with Gasteiger partial charge in [-0.1, -0.05) is 0 Å². The number of nitrogen functional groups attached to an aromatic ring is 1. The van der Waals surface area contributed by atoms with Crippen molar-refractivity contribution < 1.29 is 5.11 Å². The van der Waals surface area contributed by atoms with E-state index in [1.54, 1.807) is 12.3 Å². The van der Waals surface area contributed by atoms with Crippen LogP contribution in [0.25, 0.3) is 0 Å². The number of aliphatic hydroxyl groups excluding tert-OH is 1. The van der Waals surface area contributed by atoms with Crippen LogP contribution >= 0.6 is 0 Å². The SMILES string of the molecule is Nc1nccc(NCC2CC(O)C2)n1. The molecule has 76 valence electrons. The number of aliphatic hydroxyl groups is 1. The molecule has 0 bridgehead atoms. The Kier molecular flexibility index (Phi) is 2.49. The largest absolute Gasteiger partial charge is 0.393 e. The van der Waals surface area contributed by atoms with Gasteiger partial charge in [-0.05, 0) is 24.8 Å². The number of rotatable bonds is 3. The minimum atomic E-state index is -0.0998. The van der Waals surface area contributed by atoms with E-state index in [4.69, 9.17) is 10.8 Å². The van der Waals surface area contributed by atoms with Crippen LogP contribution in [0.5, 0.6) is 0 Å². The maximum atomic E-state index is 9.09.